The number of anilines is 2. The van der Waals surface area contributed by atoms with Gasteiger partial charge in [-0.05, 0) is 54.4 Å². The molecular formula is C18H21N3OS. The van der Waals surface area contributed by atoms with Crippen molar-refractivity contribution in [2.75, 3.05) is 10.6 Å². The minimum Gasteiger partial charge on any atom is -0.376 e. The van der Waals surface area contributed by atoms with Gasteiger partial charge in [0.25, 0.3) is 5.91 Å². The quantitative estimate of drug-likeness (QED) is 0.732. The van der Waals surface area contributed by atoms with E-state index in [-0.39, 0.29) is 11.0 Å². The zero-order chi connectivity index (χ0) is 16.8. The molecule has 5 heteroatoms. The smallest absolute Gasteiger partial charge is 0.255 e. The number of rotatable bonds is 5. The van der Waals surface area contributed by atoms with E-state index in [1.165, 1.54) is 0 Å². The second-order valence-corrected chi connectivity index (χ2v) is 5.62. The molecule has 0 spiro atoms. The highest BCUT2D eigenvalue weighted by atomic mass is 32.1. The van der Waals surface area contributed by atoms with E-state index in [9.17, 15) is 4.79 Å². The van der Waals surface area contributed by atoms with Crippen molar-refractivity contribution in [3.8, 4) is 0 Å². The van der Waals surface area contributed by atoms with Gasteiger partial charge in [-0.15, -0.1) is 0 Å². The first-order valence-corrected chi connectivity index (χ1v) is 8.04. The van der Waals surface area contributed by atoms with Crippen LogP contribution in [0.5, 0.6) is 0 Å². The summed E-state index contributed by atoms with van der Waals surface area (Å²) in [5.41, 5.74) is 9.90. The molecule has 0 aromatic heterocycles. The number of para-hydroxylation sites is 1. The predicted molar refractivity (Wildman–Crippen MR) is 100 cm³/mol. The van der Waals surface area contributed by atoms with Crippen LogP contribution in [0, 0.1) is 0 Å². The van der Waals surface area contributed by atoms with Gasteiger partial charge in [-0.1, -0.05) is 38.1 Å². The van der Waals surface area contributed by atoms with Crippen molar-refractivity contribution in [1.29, 1.82) is 0 Å². The SMILES string of the molecule is CCc1cccc(CC)c1NC(=O)c1cccc(NC(N)=S)c1. The molecule has 2 aromatic carbocycles. The van der Waals surface area contributed by atoms with Gasteiger partial charge in [0.2, 0.25) is 0 Å². The van der Waals surface area contributed by atoms with Crippen LogP contribution in [0.25, 0.3) is 0 Å². The van der Waals surface area contributed by atoms with Gasteiger partial charge in [-0.3, -0.25) is 4.79 Å². The van der Waals surface area contributed by atoms with Crippen LogP contribution in [0.3, 0.4) is 0 Å². The molecular weight excluding hydrogens is 306 g/mol. The maximum Gasteiger partial charge on any atom is 0.255 e. The summed E-state index contributed by atoms with van der Waals surface area (Å²) in [6.07, 6.45) is 1.74. The fraction of sp³-hybridized carbons (Fsp3) is 0.222. The minimum atomic E-state index is -0.146. The third-order valence-electron chi connectivity index (χ3n) is 3.63. The van der Waals surface area contributed by atoms with Gasteiger partial charge in [0.1, 0.15) is 0 Å². The number of nitrogens with two attached hydrogens (primary N) is 1. The van der Waals surface area contributed by atoms with E-state index >= 15 is 0 Å². The van der Waals surface area contributed by atoms with Crippen molar-refractivity contribution in [3.05, 3.63) is 59.2 Å². The summed E-state index contributed by atoms with van der Waals surface area (Å²) in [6.45, 7) is 4.16. The van der Waals surface area contributed by atoms with Crippen LogP contribution in [0.15, 0.2) is 42.5 Å². The second kappa shape index (κ2) is 7.74. The Kier molecular flexibility index (Phi) is 5.71. The largest absolute Gasteiger partial charge is 0.376 e. The number of hydrogen-bond acceptors (Lipinski definition) is 2. The third kappa shape index (κ3) is 4.29. The molecule has 0 atom stereocenters. The first-order valence-electron chi connectivity index (χ1n) is 7.63. The molecule has 4 N–H and O–H groups in total. The van der Waals surface area contributed by atoms with E-state index in [1.807, 2.05) is 24.3 Å². The maximum absolute atomic E-state index is 12.6. The fourth-order valence-electron chi connectivity index (χ4n) is 2.47. The molecule has 0 fully saturated rings. The Balaban J connectivity index is 2.27. The van der Waals surface area contributed by atoms with Crippen molar-refractivity contribution >= 4 is 34.6 Å². The highest BCUT2D eigenvalue weighted by Gasteiger charge is 2.12. The van der Waals surface area contributed by atoms with Crippen molar-refractivity contribution in [1.82, 2.24) is 0 Å². The van der Waals surface area contributed by atoms with Crippen LogP contribution < -0.4 is 16.4 Å². The van der Waals surface area contributed by atoms with Crippen molar-refractivity contribution in [2.45, 2.75) is 26.7 Å². The van der Waals surface area contributed by atoms with Gasteiger partial charge in [-0.2, -0.15) is 0 Å². The van der Waals surface area contributed by atoms with E-state index in [1.54, 1.807) is 18.2 Å². The summed E-state index contributed by atoms with van der Waals surface area (Å²) in [7, 11) is 0. The molecule has 0 aliphatic rings. The van der Waals surface area contributed by atoms with Crippen molar-refractivity contribution in [3.63, 3.8) is 0 Å². The van der Waals surface area contributed by atoms with E-state index in [2.05, 4.69) is 24.5 Å². The molecule has 0 saturated heterocycles. The molecule has 2 rings (SSSR count). The first-order chi connectivity index (χ1) is 11.0. The average molecular weight is 327 g/mol. The second-order valence-electron chi connectivity index (χ2n) is 5.18. The zero-order valence-corrected chi connectivity index (χ0v) is 14.2. The number of amides is 1. The zero-order valence-electron chi connectivity index (χ0n) is 13.3. The molecule has 23 heavy (non-hydrogen) atoms. The lowest BCUT2D eigenvalue weighted by Crippen LogP contribution is -2.19. The highest BCUT2D eigenvalue weighted by molar-refractivity contribution is 7.80. The molecule has 0 unspecified atom stereocenters. The number of thiocarbonyl (C=S) groups is 1. The average Bonchev–Trinajstić information content (AvgIpc) is 2.54. The molecule has 2 aromatic rings. The van der Waals surface area contributed by atoms with Crippen molar-refractivity contribution < 1.29 is 4.79 Å². The number of carbonyl (C=O) groups is 1. The minimum absolute atomic E-state index is 0.146. The molecule has 120 valence electrons. The molecule has 0 aliphatic heterocycles. The summed E-state index contributed by atoms with van der Waals surface area (Å²) in [4.78, 5) is 12.6. The van der Waals surface area contributed by atoms with Crippen molar-refractivity contribution in [2.24, 2.45) is 5.73 Å². The maximum atomic E-state index is 12.6. The van der Waals surface area contributed by atoms with E-state index in [4.69, 9.17) is 18.0 Å². The number of carbonyl (C=O) groups excluding carboxylic acids is 1. The number of benzene rings is 2. The molecule has 0 aliphatic carbocycles. The summed E-state index contributed by atoms with van der Waals surface area (Å²) in [6, 6.07) is 13.2. The monoisotopic (exact) mass is 327 g/mol. The number of aryl methyl sites for hydroxylation is 2. The molecule has 0 saturated carbocycles. The molecule has 0 radical (unpaired) electrons. The summed E-state index contributed by atoms with van der Waals surface area (Å²) in [5.74, 6) is -0.146. The van der Waals surface area contributed by atoms with Gasteiger partial charge in [0, 0.05) is 16.9 Å². The van der Waals surface area contributed by atoms with Crippen LogP contribution in [-0.4, -0.2) is 11.0 Å². The Labute approximate surface area is 142 Å². The topological polar surface area (TPSA) is 67.2 Å². The van der Waals surface area contributed by atoms with Gasteiger partial charge < -0.3 is 16.4 Å². The number of nitrogens with one attached hydrogen (secondary N) is 2. The summed E-state index contributed by atoms with van der Waals surface area (Å²) < 4.78 is 0. The number of hydrogen-bond donors (Lipinski definition) is 3. The van der Waals surface area contributed by atoms with Crippen LogP contribution in [0.4, 0.5) is 11.4 Å². The third-order valence-corrected chi connectivity index (χ3v) is 3.73. The van der Waals surface area contributed by atoms with Crippen LogP contribution >= 0.6 is 12.2 Å². The lowest BCUT2D eigenvalue weighted by molar-refractivity contribution is 0.102. The molecule has 1 amide bonds. The van der Waals surface area contributed by atoms with Gasteiger partial charge in [0.05, 0.1) is 0 Å². The molecule has 4 nitrogen and oxygen atoms in total. The van der Waals surface area contributed by atoms with Crippen LogP contribution in [-0.2, 0) is 12.8 Å². The normalized spacial score (nSPS) is 10.2. The lowest BCUT2D eigenvalue weighted by atomic mass is 10.0. The Morgan fingerprint density at radius 1 is 1.04 bits per heavy atom. The Hall–Kier alpha value is -2.40. The van der Waals surface area contributed by atoms with Gasteiger partial charge >= 0.3 is 0 Å². The summed E-state index contributed by atoms with van der Waals surface area (Å²) in [5, 5.41) is 6.06. The molecule has 0 heterocycles. The first kappa shape index (κ1) is 17.0. The summed E-state index contributed by atoms with van der Waals surface area (Å²) >= 11 is 4.82. The van der Waals surface area contributed by atoms with E-state index in [0.29, 0.717) is 11.3 Å². The van der Waals surface area contributed by atoms with Crippen LogP contribution in [0.1, 0.15) is 35.3 Å². The Morgan fingerprint density at radius 3 is 2.22 bits per heavy atom. The fourth-order valence-corrected chi connectivity index (χ4v) is 2.59. The Morgan fingerprint density at radius 2 is 1.65 bits per heavy atom. The Bertz CT molecular complexity index is 706. The lowest BCUT2D eigenvalue weighted by Gasteiger charge is -2.15. The molecule has 0 bridgehead atoms. The standard InChI is InChI=1S/C18H21N3OS/c1-3-12-7-5-8-13(4-2)16(12)21-17(22)14-9-6-10-15(11-14)20-18(19)23/h5-11H,3-4H2,1-2H3,(H,21,22)(H3,19,20,23). The predicted octanol–water partition coefficient (Wildman–Crippen LogP) is 3.72. The van der Waals surface area contributed by atoms with Gasteiger partial charge in [0.15, 0.2) is 5.11 Å². The van der Waals surface area contributed by atoms with E-state index < -0.39 is 0 Å². The van der Waals surface area contributed by atoms with Gasteiger partial charge in [-0.25, -0.2) is 0 Å². The van der Waals surface area contributed by atoms with Crippen LogP contribution in [0.2, 0.25) is 0 Å². The van der Waals surface area contributed by atoms with E-state index in [0.717, 1.165) is 29.7 Å². The highest BCUT2D eigenvalue weighted by Crippen LogP contribution is 2.23.